The highest BCUT2D eigenvalue weighted by molar-refractivity contribution is 5.76. The number of aromatic nitrogens is 3. The van der Waals surface area contributed by atoms with Crippen molar-refractivity contribution in [3.05, 3.63) is 34.6 Å². The van der Waals surface area contributed by atoms with Crippen LogP contribution in [0.2, 0.25) is 0 Å². The normalized spacial score (nSPS) is 24.1. The van der Waals surface area contributed by atoms with E-state index < -0.39 is 0 Å². The third-order valence-corrected chi connectivity index (χ3v) is 3.46. The van der Waals surface area contributed by atoms with Gasteiger partial charge in [0.15, 0.2) is 0 Å². The molecule has 6 nitrogen and oxygen atoms in total. The van der Waals surface area contributed by atoms with E-state index in [1.54, 1.807) is 12.1 Å². The summed E-state index contributed by atoms with van der Waals surface area (Å²) in [7, 11) is 0. The van der Waals surface area contributed by atoms with E-state index in [4.69, 9.17) is 4.74 Å². The summed E-state index contributed by atoms with van der Waals surface area (Å²) in [5, 5.41) is 8.73. The first-order valence-electron chi connectivity index (χ1n) is 6.84. The number of rotatable bonds is 2. The minimum atomic E-state index is -0.0950. The number of morpholine rings is 1. The van der Waals surface area contributed by atoms with Gasteiger partial charge < -0.3 is 4.74 Å². The van der Waals surface area contributed by atoms with Gasteiger partial charge in [0.25, 0.3) is 5.56 Å². The molecular weight excluding hydrogens is 256 g/mol. The van der Waals surface area contributed by atoms with E-state index >= 15 is 0 Å². The van der Waals surface area contributed by atoms with Crippen LogP contribution in [-0.4, -0.2) is 45.2 Å². The van der Waals surface area contributed by atoms with Crippen molar-refractivity contribution in [3.63, 3.8) is 0 Å². The van der Waals surface area contributed by atoms with Crippen molar-refractivity contribution in [1.82, 2.24) is 19.9 Å². The Labute approximate surface area is 117 Å². The van der Waals surface area contributed by atoms with E-state index in [1.165, 1.54) is 4.68 Å². The Bertz CT molecular complexity index is 660. The van der Waals surface area contributed by atoms with E-state index in [0.717, 1.165) is 13.1 Å². The molecule has 1 saturated heterocycles. The van der Waals surface area contributed by atoms with Crippen molar-refractivity contribution in [1.29, 1.82) is 0 Å². The van der Waals surface area contributed by atoms with Crippen LogP contribution < -0.4 is 5.56 Å². The average Bonchev–Trinajstić information content (AvgIpc) is 2.41. The van der Waals surface area contributed by atoms with Gasteiger partial charge in [-0.25, -0.2) is 0 Å². The van der Waals surface area contributed by atoms with Crippen LogP contribution in [-0.2, 0) is 11.4 Å². The molecule has 6 heteroatoms. The Hall–Kier alpha value is -1.79. The van der Waals surface area contributed by atoms with Gasteiger partial charge in [-0.2, -0.15) is 4.68 Å². The molecule has 20 heavy (non-hydrogen) atoms. The van der Waals surface area contributed by atoms with Gasteiger partial charge in [-0.05, 0) is 26.0 Å². The maximum absolute atomic E-state index is 12.4. The first-order valence-corrected chi connectivity index (χ1v) is 6.84. The van der Waals surface area contributed by atoms with E-state index in [0.29, 0.717) is 17.6 Å². The number of hydrogen-bond acceptors (Lipinski definition) is 5. The van der Waals surface area contributed by atoms with Crippen molar-refractivity contribution in [2.24, 2.45) is 0 Å². The highest BCUT2D eigenvalue weighted by Gasteiger charge is 2.22. The maximum atomic E-state index is 12.4. The third-order valence-electron chi connectivity index (χ3n) is 3.46. The molecule has 0 spiro atoms. The van der Waals surface area contributed by atoms with E-state index in [1.807, 2.05) is 26.0 Å². The smallest absolute Gasteiger partial charge is 0.278 e. The lowest BCUT2D eigenvalue weighted by Gasteiger charge is -2.34. The molecular formula is C14H18N4O2. The van der Waals surface area contributed by atoms with Gasteiger partial charge in [0, 0.05) is 13.1 Å². The van der Waals surface area contributed by atoms with Crippen LogP contribution in [0, 0.1) is 0 Å². The summed E-state index contributed by atoms with van der Waals surface area (Å²) >= 11 is 0. The monoisotopic (exact) mass is 274 g/mol. The molecule has 0 radical (unpaired) electrons. The van der Waals surface area contributed by atoms with Crippen molar-refractivity contribution >= 4 is 10.9 Å². The SMILES string of the molecule is CC1CN(Cn2nnc3ccccc3c2=O)CC(C)O1. The second-order valence-corrected chi connectivity index (χ2v) is 5.35. The highest BCUT2D eigenvalue weighted by atomic mass is 16.5. The molecule has 0 bridgehead atoms. The van der Waals surface area contributed by atoms with Crippen LogP contribution in [0.5, 0.6) is 0 Å². The summed E-state index contributed by atoms with van der Waals surface area (Å²) in [5.41, 5.74) is 0.542. The summed E-state index contributed by atoms with van der Waals surface area (Å²) in [6, 6.07) is 7.28. The van der Waals surface area contributed by atoms with Crippen LogP contribution in [0.25, 0.3) is 10.9 Å². The van der Waals surface area contributed by atoms with Crippen LogP contribution >= 0.6 is 0 Å². The predicted molar refractivity (Wildman–Crippen MR) is 75.4 cm³/mol. The Morgan fingerprint density at radius 3 is 2.70 bits per heavy atom. The lowest BCUT2D eigenvalue weighted by Crippen LogP contribution is -2.47. The Morgan fingerprint density at radius 2 is 1.95 bits per heavy atom. The fourth-order valence-electron chi connectivity index (χ4n) is 2.71. The number of nitrogens with zero attached hydrogens (tertiary/aromatic N) is 4. The first-order chi connectivity index (χ1) is 9.63. The average molecular weight is 274 g/mol. The Morgan fingerprint density at radius 1 is 1.25 bits per heavy atom. The molecule has 0 aliphatic carbocycles. The zero-order valence-electron chi connectivity index (χ0n) is 11.7. The second kappa shape index (κ2) is 5.30. The summed E-state index contributed by atoms with van der Waals surface area (Å²) in [6.07, 6.45) is 0.339. The third kappa shape index (κ3) is 2.57. The lowest BCUT2D eigenvalue weighted by molar-refractivity contribution is -0.0781. The minimum Gasteiger partial charge on any atom is -0.373 e. The van der Waals surface area contributed by atoms with Crippen LogP contribution in [0.1, 0.15) is 13.8 Å². The molecule has 1 aromatic heterocycles. The van der Waals surface area contributed by atoms with Crippen LogP contribution in [0.3, 0.4) is 0 Å². The van der Waals surface area contributed by atoms with Gasteiger partial charge in [0.05, 0.1) is 24.3 Å². The highest BCUT2D eigenvalue weighted by Crippen LogP contribution is 2.11. The molecule has 2 atom stereocenters. The van der Waals surface area contributed by atoms with Crippen molar-refractivity contribution in [3.8, 4) is 0 Å². The quantitative estimate of drug-likeness (QED) is 0.813. The molecule has 0 N–H and O–H groups in total. The largest absolute Gasteiger partial charge is 0.373 e. The van der Waals surface area contributed by atoms with Crippen LogP contribution in [0.4, 0.5) is 0 Å². The molecule has 2 unspecified atom stereocenters. The van der Waals surface area contributed by atoms with Gasteiger partial charge in [0.2, 0.25) is 0 Å². The maximum Gasteiger partial charge on any atom is 0.278 e. The van der Waals surface area contributed by atoms with Crippen molar-refractivity contribution < 1.29 is 4.74 Å². The zero-order valence-corrected chi connectivity index (χ0v) is 11.7. The topological polar surface area (TPSA) is 60.2 Å². The summed E-state index contributed by atoms with van der Waals surface area (Å²) in [4.78, 5) is 14.5. The van der Waals surface area contributed by atoms with Gasteiger partial charge >= 0.3 is 0 Å². The van der Waals surface area contributed by atoms with Crippen LogP contribution in [0.15, 0.2) is 29.1 Å². The van der Waals surface area contributed by atoms with Crippen molar-refractivity contribution in [2.75, 3.05) is 13.1 Å². The summed E-state index contributed by atoms with van der Waals surface area (Å²) in [5.74, 6) is 0. The fourth-order valence-corrected chi connectivity index (χ4v) is 2.71. The molecule has 2 heterocycles. The summed E-state index contributed by atoms with van der Waals surface area (Å²) in [6.45, 7) is 6.13. The number of hydrogen-bond donors (Lipinski definition) is 0. The fraction of sp³-hybridized carbons (Fsp3) is 0.500. The zero-order chi connectivity index (χ0) is 14.1. The molecule has 1 fully saturated rings. The standard InChI is InChI=1S/C14H18N4O2/c1-10-7-17(8-11(2)20-10)9-18-14(19)12-5-3-4-6-13(12)15-16-18/h3-6,10-11H,7-9H2,1-2H3. The number of ether oxygens (including phenoxy) is 1. The van der Waals surface area contributed by atoms with Crippen molar-refractivity contribution in [2.45, 2.75) is 32.7 Å². The van der Waals surface area contributed by atoms with Gasteiger partial charge in [-0.3, -0.25) is 9.69 Å². The molecule has 2 aromatic rings. The number of fused-ring (bicyclic) bond motifs is 1. The molecule has 0 saturated carbocycles. The lowest BCUT2D eigenvalue weighted by atomic mass is 10.2. The molecule has 1 aliphatic heterocycles. The Balaban J connectivity index is 1.87. The number of benzene rings is 1. The van der Waals surface area contributed by atoms with Gasteiger partial charge in [-0.15, -0.1) is 5.10 Å². The van der Waals surface area contributed by atoms with E-state index in [2.05, 4.69) is 15.2 Å². The van der Waals surface area contributed by atoms with E-state index in [9.17, 15) is 4.79 Å². The molecule has 106 valence electrons. The second-order valence-electron chi connectivity index (χ2n) is 5.35. The molecule has 1 aromatic carbocycles. The van der Waals surface area contributed by atoms with E-state index in [-0.39, 0.29) is 17.8 Å². The first kappa shape index (κ1) is 13.2. The predicted octanol–water partition coefficient (Wildman–Crippen LogP) is 0.858. The minimum absolute atomic E-state index is 0.0950. The van der Waals surface area contributed by atoms with Gasteiger partial charge in [0.1, 0.15) is 5.52 Å². The summed E-state index contributed by atoms with van der Waals surface area (Å²) < 4.78 is 7.11. The molecule has 1 aliphatic rings. The molecule has 0 amide bonds. The molecule has 3 rings (SSSR count). The Kier molecular flexibility index (Phi) is 3.50. The van der Waals surface area contributed by atoms with Gasteiger partial charge in [-0.1, -0.05) is 17.3 Å².